The van der Waals surface area contributed by atoms with Crippen LogP contribution in [0, 0.1) is 5.92 Å². The largest absolute Gasteiger partial charge is 0.373 e. The number of morpholine rings is 1. The first-order chi connectivity index (χ1) is 10.5. The van der Waals surface area contributed by atoms with E-state index in [0.717, 1.165) is 64.3 Å². The van der Waals surface area contributed by atoms with Crippen LogP contribution in [-0.2, 0) is 4.74 Å². The maximum absolute atomic E-state index is 5.77. The van der Waals surface area contributed by atoms with Crippen molar-refractivity contribution in [2.24, 2.45) is 10.9 Å². The zero-order valence-electron chi connectivity index (χ0n) is 14.9. The zero-order valence-corrected chi connectivity index (χ0v) is 14.9. The zero-order chi connectivity index (χ0) is 16.0. The molecule has 0 radical (unpaired) electrons. The third-order valence-electron chi connectivity index (χ3n) is 4.60. The van der Waals surface area contributed by atoms with Crippen LogP contribution in [0.3, 0.4) is 0 Å². The monoisotopic (exact) mass is 310 g/mol. The molecular weight excluding hydrogens is 276 g/mol. The molecule has 2 rings (SSSR count). The van der Waals surface area contributed by atoms with E-state index in [4.69, 9.17) is 9.73 Å². The topological polar surface area (TPSA) is 40.1 Å². The molecule has 2 heterocycles. The van der Waals surface area contributed by atoms with Gasteiger partial charge < -0.3 is 15.0 Å². The van der Waals surface area contributed by atoms with Gasteiger partial charge in [-0.1, -0.05) is 6.92 Å². The summed E-state index contributed by atoms with van der Waals surface area (Å²) in [6, 6.07) is 0. The molecule has 2 fully saturated rings. The van der Waals surface area contributed by atoms with Crippen molar-refractivity contribution in [1.82, 2.24) is 15.1 Å². The third kappa shape index (κ3) is 5.43. The van der Waals surface area contributed by atoms with Gasteiger partial charge in [-0.2, -0.15) is 0 Å². The Balaban J connectivity index is 1.82. The highest BCUT2D eigenvalue weighted by molar-refractivity contribution is 5.80. The Labute approximate surface area is 136 Å². The summed E-state index contributed by atoms with van der Waals surface area (Å²) in [5, 5.41) is 3.45. The molecule has 1 N–H and O–H groups in total. The Bertz CT molecular complexity index is 362. The first-order valence-corrected chi connectivity index (χ1v) is 8.90. The molecule has 0 bridgehead atoms. The molecule has 2 aliphatic rings. The molecule has 0 aromatic heterocycles. The van der Waals surface area contributed by atoms with Crippen molar-refractivity contribution in [3.63, 3.8) is 0 Å². The summed E-state index contributed by atoms with van der Waals surface area (Å²) in [7, 11) is 0. The van der Waals surface area contributed by atoms with E-state index in [1.54, 1.807) is 0 Å². The van der Waals surface area contributed by atoms with Crippen LogP contribution in [0.1, 0.15) is 40.5 Å². The van der Waals surface area contributed by atoms with Gasteiger partial charge in [-0.05, 0) is 39.5 Å². The fourth-order valence-electron chi connectivity index (χ4n) is 3.25. The highest BCUT2D eigenvalue weighted by atomic mass is 16.5. The van der Waals surface area contributed by atoms with Crippen molar-refractivity contribution in [3.05, 3.63) is 0 Å². The molecule has 0 atom stereocenters. The van der Waals surface area contributed by atoms with Gasteiger partial charge >= 0.3 is 0 Å². The molecule has 0 saturated carbocycles. The number of piperidine rings is 1. The van der Waals surface area contributed by atoms with Gasteiger partial charge in [0.1, 0.15) is 0 Å². The van der Waals surface area contributed by atoms with E-state index in [-0.39, 0.29) is 5.60 Å². The Morgan fingerprint density at radius 3 is 2.64 bits per heavy atom. The summed E-state index contributed by atoms with van der Waals surface area (Å²) in [4.78, 5) is 9.74. The molecule has 128 valence electrons. The number of aliphatic imine (C=N–C) groups is 1. The average Bonchev–Trinajstić information content (AvgIpc) is 2.46. The van der Waals surface area contributed by atoms with Crippen molar-refractivity contribution in [1.29, 1.82) is 0 Å². The second-order valence-electron chi connectivity index (χ2n) is 7.29. The van der Waals surface area contributed by atoms with E-state index in [1.807, 2.05) is 0 Å². The summed E-state index contributed by atoms with van der Waals surface area (Å²) in [6.45, 7) is 16.8. The van der Waals surface area contributed by atoms with E-state index in [0.29, 0.717) is 0 Å². The highest BCUT2D eigenvalue weighted by Gasteiger charge is 2.26. The Morgan fingerprint density at radius 1 is 1.27 bits per heavy atom. The average molecular weight is 310 g/mol. The number of ether oxygens (including phenoxy) is 1. The minimum absolute atomic E-state index is 0.0184. The molecule has 2 aliphatic heterocycles. The lowest BCUT2D eigenvalue weighted by Crippen LogP contribution is -2.49. The Kier molecular flexibility index (Phi) is 6.50. The molecule has 0 unspecified atom stereocenters. The molecule has 5 nitrogen and oxygen atoms in total. The van der Waals surface area contributed by atoms with Crippen LogP contribution in [0.25, 0.3) is 0 Å². The van der Waals surface area contributed by atoms with E-state index < -0.39 is 0 Å². The van der Waals surface area contributed by atoms with E-state index >= 15 is 0 Å². The van der Waals surface area contributed by atoms with Crippen LogP contribution in [0.15, 0.2) is 4.99 Å². The van der Waals surface area contributed by atoms with Crippen LogP contribution in [-0.4, -0.2) is 73.8 Å². The van der Waals surface area contributed by atoms with Crippen molar-refractivity contribution in [2.75, 3.05) is 52.4 Å². The van der Waals surface area contributed by atoms with Crippen molar-refractivity contribution in [2.45, 2.75) is 46.1 Å². The molecule has 0 aliphatic carbocycles. The van der Waals surface area contributed by atoms with Gasteiger partial charge in [0.2, 0.25) is 0 Å². The summed E-state index contributed by atoms with van der Waals surface area (Å²) >= 11 is 0. The van der Waals surface area contributed by atoms with E-state index in [2.05, 4.69) is 42.8 Å². The standard InChI is InChI=1S/C17H34N4O/c1-5-18-16(21-9-6-15(2)7-10-21)19-8-11-20-12-13-22-17(3,4)14-20/h15H,5-14H2,1-4H3,(H,18,19). The number of hydrogen-bond acceptors (Lipinski definition) is 3. The quantitative estimate of drug-likeness (QED) is 0.635. The lowest BCUT2D eigenvalue weighted by atomic mass is 10.00. The Hall–Kier alpha value is -0.810. The number of rotatable bonds is 4. The summed E-state index contributed by atoms with van der Waals surface area (Å²) < 4.78 is 5.77. The maximum atomic E-state index is 5.77. The molecule has 22 heavy (non-hydrogen) atoms. The molecule has 5 heteroatoms. The molecule has 2 saturated heterocycles. The molecular formula is C17H34N4O. The fourth-order valence-corrected chi connectivity index (χ4v) is 3.25. The van der Waals surface area contributed by atoms with Gasteiger partial charge in [-0.3, -0.25) is 9.89 Å². The number of guanidine groups is 1. The fraction of sp³-hybridized carbons (Fsp3) is 0.941. The Morgan fingerprint density at radius 2 is 2.00 bits per heavy atom. The second-order valence-corrected chi connectivity index (χ2v) is 7.29. The van der Waals surface area contributed by atoms with E-state index in [9.17, 15) is 0 Å². The van der Waals surface area contributed by atoms with Crippen LogP contribution in [0.4, 0.5) is 0 Å². The number of nitrogens with one attached hydrogen (secondary N) is 1. The van der Waals surface area contributed by atoms with Gasteiger partial charge in [-0.25, -0.2) is 0 Å². The van der Waals surface area contributed by atoms with Gasteiger partial charge in [0, 0.05) is 39.3 Å². The van der Waals surface area contributed by atoms with Crippen molar-refractivity contribution >= 4 is 5.96 Å². The minimum atomic E-state index is -0.0184. The van der Waals surface area contributed by atoms with Gasteiger partial charge in [0.25, 0.3) is 0 Å². The van der Waals surface area contributed by atoms with Crippen molar-refractivity contribution < 1.29 is 4.74 Å². The smallest absolute Gasteiger partial charge is 0.193 e. The normalized spacial score (nSPS) is 24.5. The van der Waals surface area contributed by atoms with Crippen LogP contribution < -0.4 is 5.32 Å². The molecule has 0 aromatic carbocycles. The first kappa shape index (κ1) is 17.5. The number of likely N-dealkylation sites (tertiary alicyclic amines) is 1. The first-order valence-electron chi connectivity index (χ1n) is 8.90. The molecule has 0 amide bonds. The predicted octanol–water partition coefficient (Wildman–Crippen LogP) is 1.79. The maximum Gasteiger partial charge on any atom is 0.193 e. The number of nitrogens with zero attached hydrogens (tertiary/aromatic N) is 3. The third-order valence-corrected chi connectivity index (χ3v) is 4.60. The molecule has 0 spiro atoms. The summed E-state index contributed by atoms with van der Waals surface area (Å²) in [6.07, 6.45) is 2.56. The van der Waals surface area contributed by atoms with Crippen LogP contribution in [0.2, 0.25) is 0 Å². The van der Waals surface area contributed by atoms with Crippen LogP contribution in [0.5, 0.6) is 0 Å². The highest BCUT2D eigenvalue weighted by Crippen LogP contribution is 2.17. The van der Waals surface area contributed by atoms with Gasteiger partial charge in [0.15, 0.2) is 5.96 Å². The van der Waals surface area contributed by atoms with Crippen molar-refractivity contribution in [3.8, 4) is 0 Å². The van der Waals surface area contributed by atoms with E-state index in [1.165, 1.54) is 12.8 Å². The lowest BCUT2D eigenvalue weighted by Gasteiger charge is -2.38. The van der Waals surface area contributed by atoms with Gasteiger partial charge in [0.05, 0.1) is 18.8 Å². The minimum Gasteiger partial charge on any atom is -0.373 e. The summed E-state index contributed by atoms with van der Waals surface area (Å²) in [5.74, 6) is 1.96. The van der Waals surface area contributed by atoms with Crippen LogP contribution >= 0.6 is 0 Å². The van der Waals surface area contributed by atoms with Gasteiger partial charge in [-0.15, -0.1) is 0 Å². The summed E-state index contributed by atoms with van der Waals surface area (Å²) in [5.41, 5.74) is -0.0184. The number of hydrogen-bond donors (Lipinski definition) is 1. The lowest BCUT2D eigenvalue weighted by molar-refractivity contribution is -0.0850. The SMILES string of the molecule is CCNC(=NCCN1CCOC(C)(C)C1)N1CCC(C)CC1. The predicted molar refractivity (Wildman–Crippen MR) is 92.4 cm³/mol. The second kappa shape index (κ2) is 8.16. The molecule has 0 aromatic rings.